The Hall–Kier alpha value is -2.49. The summed E-state index contributed by atoms with van der Waals surface area (Å²) in [6.07, 6.45) is 3.80. The maximum Gasteiger partial charge on any atom is 0.246 e. The minimum atomic E-state index is -0.245. The second-order valence-electron chi connectivity index (χ2n) is 6.97. The van der Waals surface area contributed by atoms with Gasteiger partial charge in [-0.05, 0) is 61.4 Å². The molecule has 0 radical (unpaired) electrons. The van der Waals surface area contributed by atoms with Gasteiger partial charge in [0, 0.05) is 23.6 Å². The van der Waals surface area contributed by atoms with Crippen LogP contribution in [0.2, 0.25) is 0 Å². The molecule has 0 fully saturated rings. The maximum absolute atomic E-state index is 13.1. The number of carbonyl (C=O) groups excluding carboxylic acids is 1. The third-order valence-corrected chi connectivity index (χ3v) is 5.42. The first-order valence-electron chi connectivity index (χ1n) is 9.62. The number of hydrogen-bond acceptors (Lipinski definition) is 3. The van der Waals surface area contributed by atoms with Gasteiger partial charge in [-0.15, -0.1) is 0 Å². The van der Waals surface area contributed by atoms with Crippen LogP contribution < -0.4 is 16.0 Å². The van der Waals surface area contributed by atoms with Crippen LogP contribution in [0.3, 0.4) is 0 Å². The van der Waals surface area contributed by atoms with Gasteiger partial charge in [-0.25, -0.2) is 0 Å². The number of hydrogen-bond donors (Lipinski definition) is 2. The zero-order valence-electron chi connectivity index (χ0n) is 16.0. The van der Waals surface area contributed by atoms with Crippen molar-refractivity contribution < 1.29 is 4.79 Å². The van der Waals surface area contributed by atoms with Gasteiger partial charge in [-0.2, -0.15) is 0 Å². The molecule has 3 rings (SSSR count). The summed E-state index contributed by atoms with van der Waals surface area (Å²) in [5.74, 6) is 0.0378. The van der Waals surface area contributed by atoms with Gasteiger partial charge in [0.2, 0.25) is 5.91 Å². The summed E-state index contributed by atoms with van der Waals surface area (Å²) in [5.41, 5.74) is 12.6. The van der Waals surface area contributed by atoms with Crippen molar-refractivity contribution in [2.24, 2.45) is 0 Å². The molecule has 0 saturated carbocycles. The van der Waals surface area contributed by atoms with Crippen LogP contribution >= 0.6 is 0 Å². The van der Waals surface area contributed by atoms with Crippen LogP contribution in [0.4, 0.5) is 17.1 Å². The van der Waals surface area contributed by atoms with Gasteiger partial charge >= 0.3 is 0 Å². The third kappa shape index (κ3) is 3.41. The van der Waals surface area contributed by atoms with Crippen molar-refractivity contribution in [2.75, 3.05) is 22.5 Å². The molecule has 1 amide bonds. The highest BCUT2D eigenvalue weighted by atomic mass is 16.2. The highest BCUT2D eigenvalue weighted by Crippen LogP contribution is 2.33. The van der Waals surface area contributed by atoms with Crippen molar-refractivity contribution in [3.63, 3.8) is 0 Å². The van der Waals surface area contributed by atoms with Crippen LogP contribution in [0.25, 0.3) is 0 Å². The fourth-order valence-corrected chi connectivity index (χ4v) is 3.85. The van der Waals surface area contributed by atoms with E-state index in [2.05, 4.69) is 48.3 Å². The van der Waals surface area contributed by atoms with Crippen LogP contribution in [-0.4, -0.2) is 18.5 Å². The molecular weight excluding hydrogens is 322 g/mol. The van der Waals surface area contributed by atoms with E-state index in [4.69, 9.17) is 5.73 Å². The monoisotopic (exact) mass is 351 g/mol. The quantitative estimate of drug-likeness (QED) is 0.795. The highest BCUT2D eigenvalue weighted by Gasteiger charge is 2.27. The average molecular weight is 351 g/mol. The Balaban J connectivity index is 1.86. The molecule has 0 spiro atoms. The number of nitrogen functional groups attached to an aromatic ring is 1. The topological polar surface area (TPSA) is 58.4 Å². The lowest BCUT2D eigenvalue weighted by molar-refractivity contribution is -0.117. The fourth-order valence-electron chi connectivity index (χ4n) is 3.85. The third-order valence-electron chi connectivity index (χ3n) is 5.42. The van der Waals surface area contributed by atoms with Crippen molar-refractivity contribution in [1.82, 2.24) is 0 Å². The molecule has 3 N–H and O–H groups in total. The molecule has 0 saturated heterocycles. The number of nitrogens with zero attached hydrogens (tertiary/aromatic N) is 1. The van der Waals surface area contributed by atoms with Gasteiger partial charge in [-0.3, -0.25) is 4.79 Å². The van der Waals surface area contributed by atoms with Crippen LogP contribution in [0.15, 0.2) is 36.4 Å². The summed E-state index contributed by atoms with van der Waals surface area (Å²) in [5, 5.41) is 3.21. The number of aryl methyl sites for hydroxylation is 2. The van der Waals surface area contributed by atoms with E-state index in [0.717, 1.165) is 49.3 Å². The first-order chi connectivity index (χ1) is 12.6. The second kappa shape index (κ2) is 7.81. The van der Waals surface area contributed by atoms with E-state index in [1.165, 1.54) is 16.7 Å². The summed E-state index contributed by atoms with van der Waals surface area (Å²) >= 11 is 0. The Bertz CT molecular complexity index is 778. The highest BCUT2D eigenvalue weighted by molar-refractivity contribution is 5.98. The number of nitrogens with one attached hydrogen (secondary N) is 1. The average Bonchev–Trinajstić information content (AvgIpc) is 2.67. The number of rotatable bonds is 5. The second-order valence-corrected chi connectivity index (χ2v) is 6.97. The van der Waals surface area contributed by atoms with Crippen molar-refractivity contribution in [3.05, 3.63) is 53.1 Å². The van der Waals surface area contributed by atoms with Gasteiger partial charge in [0.15, 0.2) is 0 Å². The van der Waals surface area contributed by atoms with Gasteiger partial charge in [0.1, 0.15) is 6.04 Å². The summed E-state index contributed by atoms with van der Waals surface area (Å²) in [4.78, 5) is 15.2. The first-order valence-corrected chi connectivity index (χ1v) is 9.62. The molecule has 0 bridgehead atoms. The largest absolute Gasteiger partial charge is 0.398 e. The fraction of sp³-hybridized carbons (Fsp3) is 0.409. The minimum Gasteiger partial charge on any atom is -0.398 e. The standard InChI is InChI=1S/C22H29N3O/c1-4-16-9-6-10-17(5-2)21(16)24-22(26)15(3)25-14-8-11-18-19(23)12-7-13-20(18)25/h6-7,9-10,12-13,15H,4-5,8,11,14,23H2,1-3H3,(H,24,26). The smallest absolute Gasteiger partial charge is 0.246 e. The normalized spacial score (nSPS) is 14.7. The van der Waals surface area contributed by atoms with E-state index in [9.17, 15) is 4.79 Å². The molecule has 1 atom stereocenters. The molecule has 2 aromatic rings. The van der Waals surface area contributed by atoms with Crippen molar-refractivity contribution in [3.8, 4) is 0 Å². The molecule has 0 aromatic heterocycles. The van der Waals surface area contributed by atoms with E-state index < -0.39 is 0 Å². The molecule has 1 heterocycles. The van der Waals surface area contributed by atoms with Crippen molar-refractivity contribution in [2.45, 2.75) is 52.5 Å². The molecule has 4 heteroatoms. The lowest BCUT2D eigenvalue weighted by Gasteiger charge is -2.36. The van der Waals surface area contributed by atoms with E-state index in [-0.39, 0.29) is 11.9 Å². The van der Waals surface area contributed by atoms with E-state index >= 15 is 0 Å². The predicted molar refractivity (Wildman–Crippen MR) is 110 cm³/mol. The van der Waals surface area contributed by atoms with Gasteiger partial charge in [-0.1, -0.05) is 38.1 Å². The molecule has 0 aliphatic carbocycles. The zero-order valence-corrected chi connectivity index (χ0v) is 16.0. The molecule has 1 aliphatic heterocycles. The van der Waals surface area contributed by atoms with E-state index in [1.807, 2.05) is 19.1 Å². The van der Waals surface area contributed by atoms with Crippen LogP contribution in [0, 0.1) is 0 Å². The van der Waals surface area contributed by atoms with Gasteiger partial charge < -0.3 is 16.0 Å². The summed E-state index contributed by atoms with van der Waals surface area (Å²) in [6, 6.07) is 12.0. The number of carbonyl (C=O) groups is 1. The van der Waals surface area contributed by atoms with Gasteiger partial charge in [0.25, 0.3) is 0 Å². The van der Waals surface area contributed by atoms with Crippen LogP contribution in [0.5, 0.6) is 0 Å². The molecule has 4 nitrogen and oxygen atoms in total. The number of anilines is 3. The molecular formula is C22H29N3O. The lowest BCUT2D eigenvalue weighted by atomic mass is 9.98. The van der Waals surface area contributed by atoms with Crippen molar-refractivity contribution in [1.29, 1.82) is 0 Å². The molecule has 2 aromatic carbocycles. The summed E-state index contributed by atoms with van der Waals surface area (Å²) < 4.78 is 0. The summed E-state index contributed by atoms with van der Waals surface area (Å²) in [6.45, 7) is 7.10. The Labute approximate surface area is 156 Å². The number of para-hydroxylation sites is 1. The molecule has 1 unspecified atom stereocenters. The maximum atomic E-state index is 13.1. The van der Waals surface area contributed by atoms with Crippen LogP contribution in [0.1, 0.15) is 43.9 Å². The van der Waals surface area contributed by atoms with Gasteiger partial charge in [0.05, 0.1) is 0 Å². The number of amides is 1. The number of nitrogens with two attached hydrogens (primary N) is 1. The number of fused-ring (bicyclic) bond motifs is 1. The number of benzene rings is 2. The molecule has 138 valence electrons. The lowest BCUT2D eigenvalue weighted by Crippen LogP contribution is -2.45. The van der Waals surface area contributed by atoms with E-state index in [1.54, 1.807) is 0 Å². The Morgan fingerprint density at radius 1 is 1.15 bits per heavy atom. The first kappa shape index (κ1) is 18.3. The minimum absolute atomic E-state index is 0.0378. The SMILES string of the molecule is CCc1cccc(CC)c1NC(=O)C(C)N1CCCc2c(N)cccc21. The zero-order chi connectivity index (χ0) is 18.7. The molecule has 26 heavy (non-hydrogen) atoms. The van der Waals surface area contributed by atoms with Crippen molar-refractivity contribution >= 4 is 23.0 Å². The Morgan fingerprint density at radius 2 is 1.81 bits per heavy atom. The Kier molecular flexibility index (Phi) is 5.50. The predicted octanol–water partition coefficient (Wildman–Crippen LogP) is 4.17. The Morgan fingerprint density at radius 3 is 2.46 bits per heavy atom. The van der Waals surface area contributed by atoms with E-state index in [0.29, 0.717) is 0 Å². The van der Waals surface area contributed by atoms with Crippen LogP contribution in [-0.2, 0) is 24.1 Å². The summed E-state index contributed by atoms with van der Waals surface area (Å²) in [7, 11) is 0. The molecule has 1 aliphatic rings.